The number of hydrogen-bond donors (Lipinski definition) is 1. The van der Waals surface area contributed by atoms with Crippen LogP contribution in [-0.2, 0) is 12.8 Å². The number of imidazole rings is 1. The number of benzene rings is 1. The Hall–Kier alpha value is -2.69. The van der Waals surface area contributed by atoms with E-state index in [1.807, 2.05) is 0 Å². The second-order valence-electron chi connectivity index (χ2n) is 8.13. The Bertz CT molecular complexity index is 1150. The van der Waals surface area contributed by atoms with Crippen LogP contribution in [0.3, 0.4) is 0 Å². The lowest BCUT2D eigenvalue weighted by Crippen LogP contribution is -2.25. The van der Waals surface area contributed by atoms with Crippen molar-refractivity contribution >= 4 is 15.9 Å². The zero-order valence-electron chi connectivity index (χ0n) is 18.1. The van der Waals surface area contributed by atoms with Crippen LogP contribution in [0.15, 0.2) is 41.1 Å². The van der Waals surface area contributed by atoms with Crippen molar-refractivity contribution in [1.29, 1.82) is 0 Å². The maximum atomic E-state index is 13.8. The fourth-order valence-corrected chi connectivity index (χ4v) is 4.45. The third-order valence-electron chi connectivity index (χ3n) is 5.68. The minimum atomic E-state index is -4.45. The summed E-state index contributed by atoms with van der Waals surface area (Å²) in [5.74, 6) is -1.78. The number of methoxy groups -OCH3 is 1. The van der Waals surface area contributed by atoms with Crippen LogP contribution in [0.2, 0.25) is 0 Å². The van der Waals surface area contributed by atoms with Crippen LogP contribution in [0.25, 0.3) is 11.3 Å². The first-order chi connectivity index (χ1) is 16.1. The second-order valence-corrected chi connectivity index (χ2v) is 8.88. The van der Waals surface area contributed by atoms with E-state index in [2.05, 4.69) is 30.9 Å². The molecule has 1 N–H and O–H groups in total. The van der Waals surface area contributed by atoms with Crippen LogP contribution < -0.4 is 9.47 Å². The summed E-state index contributed by atoms with van der Waals surface area (Å²) in [5, 5.41) is 0. The maximum absolute atomic E-state index is 13.8. The SMILES string of the molecule is COc1cc(-c2[nH]c([C@@H]3CCCC(F)(F)C3)nc2Br)ccc1OCc1ccc(C(F)(F)F)cn1. The number of H-pyrrole nitrogens is 1. The highest BCUT2D eigenvalue weighted by Gasteiger charge is 2.38. The Morgan fingerprint density at radius 2 is 1.97 bits per heavy atom. The number of aromatic amines is 1. The number of ether oxygens (including phenoxy) is 2. The minimum Gasteiger partial charge on any atom is -0.493 e. The van der Waals surface area contributed by atoms with Crippen LogP contribution in [0.4, 0.5) is 22.0 Å². The molecule has 1 aliphatic carbocycles. The van der Waals surface area contributed by atoms with Gasteiger partial charge >= 0.3 is 6.18 Å². The van der Waals surface area contributed by atoms with E-state index in [-0.39, 0.29) is 25.4 Å². The van der Waals surface area contributed by atoms with Gasteiger partial charge in [0.2, 0.25) is 5.92 Å². The van der Waals surface area contributed by atoms with Gasteiger partial charge in [-0.1, -0.05) is 0 Å². The van der Waals surface area contributed by atoms with E-state index in [0.717, 1.165) is 12.3 Å². The summed E-state index contributed by atoms with van der Waals surface area (Å²) in [6.07, 6.45) is -2.94. The van der Waals surface area contributed by atoms with Crippen molar-refractivity contribution in [2.24, 2.45) is 0 Å². The lowest BCUT2D eigenvalue weighted by atomic mass is 9.86. The Kier molecular flexibility index (Phi) is 6.84. The Balaban J connectivity index is 1.50. The molecule has 0 spiro atoms. The van der Waals surface area contributed by atoms with Crippen LogP contribution in [0.5, 0.6) is 11.5 Å². The quantitative estimate of drug-likeness (QED) is 0.334. The third kappa shape index (κ3) is 5.51. The van der Waals surface area contributed by atoms with E-state index < -0.39 is 17.7 Å². The zero-order valence-corrected chi connectivity index (χ0v) is 19.6. The van der Waals surface area contributed by atoms with Crippen molar-refractivity contribution in [2.45, 2.75) is 50.3 Å². The molecule has 2 heterocycles. The number of hydrogen-bond acceptors (Lipinski definition) is 4. The van der Waals surface area contributed by atoms with E-state index in [4.69, 9.17) is 9.47 Å². The van der Waals surface area contributed by atoms with E-state index in [1.54, 1.807) is 18.2 Å². The largest absolute Gasteiger partial charge is 0.493 e. The Morgan fingerprint density at radius 1 is 1.18 bits per heavy atom. The van der Waals surface area contributed by atoms with Crippen molar-refractivity contribution in [3.05, 3.63) is 58.2 Å². The summed E-state index contributed by atoms with van der Waals surface area (Å²) >= 11 is 3.40. The van der Waals surface area contributed by atoms with Gasteiger partial charge in [-0.15, -0.1) is 0 Å². The van der Waals surface area contributed by atoms with Crippen LogP contribution in [-0.4, -0.2) is 28.0 Å². The molecule has 1 fully saturated rings. The lowest BCUT2D eigenvalue weighted by molar-refractivity contribution is -0.137. The molecule has 0 bridgehead atoms. The van der Waals surface area contributed by atoms with Crippen molar-refractivity contribution in [2.75, 3.05) is 7.11 Å². The molecule has 0 amide bonds. The molecule has 0 unspecified atom stereocenters. The summed E-state index contributed by atoms with van der Waals surface area (Å²) < 4.78 is 77.3. The molecule has 0 aliphatic heterocycles. The van der Waals surface area contributed by atoms with Gasteiger partial charge in [0.1, 0.15) is 17.0 Å². The first-order valence-electron chi connectivity index (χ1n) is 10.5. The van der Waals surface area contributed by atoms with Gasteiger partial charge in [-0.05, 0) is 59.1 Å². The number of alkyl halides is 5. The molecule has 1 saturated carbocycles. The van der Waals surface area contributed by atoms with Gasteiger partial charge in [0.05, 0.1) is 24.1 Å². The lowest BCUT2D eigenvalue weighted by Gasteiger charge is -2.27. The first-order valence-corrected chi connectivity index (χ1v) is 11.3. The summed E-state index contributed by atoms with van der Waals surface area (Å²) in [4.78, 5) is 11.4. The minimum absolute atomic E-state index is 0.0539. The average Bonchev–Trinajstić information content (AvgIpc) is 3.18. The van der Waals surface area contributed by atoms with E-state index in [0.29, 0.717) is 51.7 Å². The summed E-state index contributed by atoms with van der Waals surface area (Å²) in [6.45, 7) is -0.0539. The third-order valence-corrected chi connectivity index (χ3v) is 6.26. The van der Waals surface area contributed by atoms with Crippen LogP contribution in [0, 0.1) is 0 Å². The van der Waals surface area contributed by atoms with Gasteiger partial charge in [-0.3, -0.25) is 4.98 Å². The van der Waals surface area contributed by atoms with E-state index in [1.165, 1.54) is 13.2 Å². The highest BCUT2D eigenvalue weighted by Crippen LogP contribution is 2.42. The predicted molar refractivity (Wildman–Crippen MR) is 118 cm³/mol. The molecule has 5 nitrogen and oxygen atoms in total. The number of nitrogens with zero attached hydrogens (tertiary/aromatic N) is 2. The fourth-order valence-electron chi connectivity index (χ4n) is 3.93. The highest BCUT2D eigenvalue weighted by molar-refractivity contribution is 9.10. The molecule has 4 rings (SSSR count). The topological polar surface area (TPSA) is 60.0 Å². The number of pyridine rings is 1. The van der Waals surface area contributed by atoms with Crippen LogP contribution >= 0.6 is 15.9 Å². The number of aromatic nitrogens is 3. The van der Waals surface area contributed by atoms with E-state index >= 15 is 0 Å². The molecule has 0 radical (unpaired) electrons. The molecule has 1 atom stereocenters. The molecule has 3 aromatic rings. The van der Waals surface area contributed by atoms with Crippen molar-refractivity contribution in [3.8, 4) is 22.8 Å². The monoisotopic (exact) mass is 545 g/mol. The predicted octanol–water partition coefficient (Wildman–Crippen LogP) is 7.13. The Labute approximate surface area is 200 Å². The fraction of sp³-hybridized carbons (Fsp3) is 0.391. The smallest absolute Gasteiger partial charge is 0.417 e. The maximum Gasteiger partial charge on any atom is 0.417 e. The molecule has 1 aliphatic rings. The highest BCUT2D eigenvalue weighted by atomic mass is 79.9. The molecule has 11 heteroatoms. The number of rotatable bonds is 6. The molecule has 34 heavy (non-hydrogen) atoms. The van der Waals surface area contributed by atoms with Gasteiger partial charge < -0.3 is 14.5 Å². The van der Waals surface area contributed by atoms with E-state index in [9.17, 15) is 22.0 Å². The Morgan fingerprint density at radius 3 is 2.62 bits per heavy atom. The molecule has 182 valence electrons. The van der Waals surface area contributed by atoms with Gasteiger partial charge in [0, 0.05) is 30.5 Å². The van der Waals surface area contributed by atoms with Gasteiger partial charge in [0.15, 0.2) is 11.5 Å². The second kappa shape index (κ2) is 9.52. The number of nitrogens with one attached hydrogen (secondary N) is 1. The molecule has 1 aromatic carbocycles. The standard InChI is InChI=1S/C23H21BrF5N3O2/c1-33-18-9-13(19-20(24)32-21(31-19)14-3-2-8-22(25,26)10-14)4-7-17(18)34-12-16-6-5-15(11-30-16)23(27,28)29/h4-7,9,11,14H,2-3,8,10,12H2,1H3,(H,31,32)/t14-/m1/s1. The summed E-state index contributed by atoms with van der Waals surface area (Å²) in [6, 6.07) is 7.30. The summed E-state index contributed by atoms with van der Waals surface area (Å²) in [7, 11) is 1.46. The van der Waals surface area contributed by atoms with Gasteiger partial charge in [-0.25, -0.2) is 13.8 Å². The van der Waals surface area contributed by atoms with Gasteiger partial charge in [0.25, 0.3) is 0 Å². The first kappa shape index (κ1) is 24.4. The van der Waals surface area contributed by atoms with Crippen molar-refractivity contribution < 1.29 is 31.4 Å². The van der Waals surface area contributed by atoms with Crippen molar-refractivity contribution in [1.82, 2.24) is 15.0 Å². The van der Waals surface area contributed by atoms with Crippen LogP contribution in [0.1, 0.15) is 48.7 Å². The average molecular weight is 546 g/mol. The molecule has 2 aromatic heterocycles. The molecular formula is C23H21BrF5N3O2. The van der Waals surface area contributed by atoms with Gasteiger partial charge in [-0.2, -0.15) is 13.2 Å². The normalized spacial score (nSPS) is 18.0. The summed E-state index contributed by atoms with van der Waals surface area (Å²) in [5.41, 5.74) is 0.812. The zero-order chi connectivity index (χ0) is 24.5. The van der Waals surface area contributed by atoms with Crippen molar-refractivity contribution in [3.63, 3.8) is 0 Å². The molecule has 0 saturated heterocycles. The molecular weight excluding hydrogens is 525 g/mol. The number of halogens is 6.